The second-order valence-corrected chi connectivity index (χ2v) is 14.1. The van der Waals surface area contributed by atoms with E-state index in [-0.39, 0.29) is 16.9 Å². The lowest BCUT2D eigenvalue weighted by Gasteiger charge is -2.15. The molecule has 0 amide bonds. The van der Waals surface area contributed by atoms with Crippen LogP contribution < -0.4 is 21.7 Å². The number of hydrogen-bond acceptors (Lipinski definition) is 16. The molecule has 7 rings (SSSR count). The van der Waals surface area contributed by atoms with Gasteiger partial charge in [-0.1, -0.05) is 5.04 Å². The molecule has 0 spiro atoms. The van der Waals surface area contributed by atoms with Crippen LogP contribution in [0.2, 0.25) is 0 Å². The maximum atomic E-state index is 14.0. The minimum absolute atomic E-state index is 0.218. The van der Waals surface area contributed by atoms with Crippen molar-refractivity contribution in [3.05, 3.63) is 71.2 Å². The molecule has 1 heterocycles. The Morgan fingerprint density at radius 1 is 0.600 bits per heavy atom. The van der Waals surface area contributed by atoms with E-state index in [0.29, 0.717) is 6.07 Å². The van der Waals surface area contributed by atoms with E-state index in [1.165, 1.54) is 0 Å². The van der Waals surface area contributed by atoms with Crippen LogP contribution in [0.3, 0.4) is 0 Å². The molecule has 50 heavy (non-hydrogen) atoms. The van der Waals surface area contributed by atoms with Crippen molar-refractivity contribution >= 4 is 97.4 Å². The summed E-state index contributed by atoms with van der Waals surface area (Å²) in [5.74, 6) is -4.55. The van der Waals surface area contributed by atoms with Crippen LogP contribution in [0.25, 0.3) is 65.2 Å². The van der Waals surface area contributed by atoms with Crippen molar-refractivity contribution in [3.63, 3.8) is 0 Å². The third-order valence-corrected chi connectivity index (χ3v) is 10.5. The molecule has 6 aromatic carbocycles. The highest BCUT2D eigenvalue weighted by atomic mass is 32.2. The molecule has 0 aliphatic rings. The summed E-state index contributed by atoms with van der Waals surface area (Å²) in [6.45, 7) is 0. The summed E-state index contributed by atoms with van der Waals surface area (Å²) in [4.78, 5) is 57.3. The van der Waals surface area contributed by atoms with Gasteiger partial charge in [-0.05, 0) is 24.3 Å². The van der Waals surface area contributed by atoms with Crippen molar-refractivity contribution in [2.24, 2.45) is 0 Å². The van der Waals surface area contributed by atoms with Gasteiger partial charge in [0, 0.05) is 16.8 Å². The Morgan fingerprint density at radius 3 is 1.78 bits per heavy atom. The van der Waals surface area contributed by atoms with Gasteiger partial charge in [-0.2, -0.15) is 16.8 Å². The fourth-order valence-electron chi connectivity index (χ4n) is 6.10. The second kappa shape index (κ2) is 10.7. The quantitative estimate of drug-likeness (QED) is 0.0303. The summed E-state index contributed by atoms with van der Waals surface area (Å²) < 4.78 is 73.1. The van der Waals surface area contributed by atoms with E-state index in [2.05, 4.69) is 19.3 Å². The SMILES string of the molecule is O=c1c2ccc(S(=O)(=O)O)c(O)c2c(=O)c2c1c(O)cc1[nH]c3c([nH]c12)c(S(=O)(=O)O)c(O)c1c(=O)c2ccc(SOOO)c(O)c2c(=O)c13. The highest BCUT2D eigenvalue weighted by molar-refractivity contribution is 7.94. The zero-order chi connectivity index (χ0) is 36.4. The van der Waals surface area contributed by atoms with Crippen LogP contribution >= 0.6 is 12.0 Å². The van der Waals surface area contributed by atoms with Crippen molar-refractivity contribution in [2.45, 2.75) is 14.7 Å². The summed E-state index contributed by atoms with van der Waals surface area (Å²) in [6.07, 6.45) is 0. The Kier molecular flexibility index (Phi) is 7.05. The van der Waals surface area contributed by atoms with Crippen LogP contribution in [0, 0.1) is 0 Å². The van der Waals surface area contributed by atoms with Crippen LogP contribution in [0.15, 0.2) is 64.2 Å². The molecule has 0 radical (unpaired) electrons. The van der Waals surface area contributed by atoms with Crippen molar-refractivity contribution in [1.82, 2.24) is 9.97 Å². The van der Waals surface area contributed by atoms with E-state index in [9.17, 15) is 65.5 Å². The molecule has 0 saturated heterocycles. The molecule has 19 nitrogen and oxygen atoms in total. The molecule has 0 fully saturated rings. The summed E-state index contributed by atoms with van der Waals surface area (Å²) in [5, 5.41) is 49.7. The molecule has 0 saturated carbocycles. The zero-order valence-electron chi connectivity index (χ0n) is 23.8. The number of hydrogen-bond donors (Lipinski definition) is 9. The fraction of sp³-hybridized carbons (Fsp3) is 0. The lowest BCUT2D eigenvalue weighted by Crippen LogP contribution is -2.17. The Morgan fingerprint density at radius 2 is 1.18 bits per heavy atom. The number of fused-ring (bicyclic) bond motifs is 8. The predicted molar refractivity (Wildman–Crippen MR) is 173 cm³/mol. The lowest BCUT2D eigenvalue weighted by atomic mass is 9.98. The monoisotopic (exact) mass is 746 g/mol. The van der Waals surface area contributed by atoms with Crippen molar-refractivity contribution in [3.8, 4) is 23.0 Å². The van der Waals surface area contributed by atoms with Crippen molar-refractivity contribution < 1.29 is 61.0 Å². The third-order valence-electron chi connectivity index (χ3n) is 8.07. The number of phenols is 4. The summed E-state index contributed by atoms with van der Waals surface area (Å²) in [6, 6.07) is 4.34. The number of rotatable bonds is 5. The van der Waals surface area contributed by atoms with Gasteiger partial charge < -0.3 is 30.4 Å². The van der Waals surface area contributed by atoms with Gasteiger partial charge in [0.2, 0.25) is 10.9 Å². The minimum Gasteiger partial charge on any atom is -0.507 e. The van der Waals surface area contributed by atoms with E-state index in [0.717, 1.165) is 24.3 Å². The standard InChI is InChI=1S/C28H14N2O17S3/c31-9-5-8-18(15-14(9)21(32)7-2-4-11(49(40,41)42)24(35)13(7)26(15)37)30-20-19(29-8)16-17(27(38)28(20)50(43,44)45)22(33)6-1-3-10(48-47-46-39)23(34)12(6)25(16)36/h1-5,29-31,34-35,38-39H,(H,40,41,42)(H,43,44,45). The van der Waals surface area contributed by atoms with E-state index in [1.54, 1.807) is 0 Å². The highest BCUT2D eigenvalue weighted by Crippen LogP contribution is 2.41. The molecule has 0 atom stereocenters. The molecule has 0 aliphatic carbocycles. The number of aromatic hydroxyl groups is 4. The van der Waals surface area contributed by atoms with E-state index < -0.39 is 140 Å². The van der Waals surface area contributed by atoms with Crippen LogP contribution in [-0.4, -0.2) is 61.6 Å². The Labute approximate surface area is 276 Å². The normalized spacial score (nSPS) is 12.7. The van der Waals surface area contributed by atoms with Gasteiger partial charge in [-0.25, -0.2) is 5.26 Å². The van der Waals surface area contributed by atoms with Crippen molar-refractivity contribution in [2.75, 3.05) is 0 Å². The molecule has 22 heteroatoms. The summed E-state index contributed by atoms with van der Waals surface area (Å²) >= 11 is 0.218. The largest absolute Gasteiger partial charge is 0.507 e. The Balaban J connectivity index is 1.77. The van der Waals surface area contributed by atoms with E-state index >= 15 is 0 Å². The molecule has 0 unspecified atom stereocenters. The van der Waals surface area contributed by atoms with Crippen LogP contribution in [0.4, 0.5) is 0 Å². The number of H-pyrrole nitrogens is 2. The second-order valence-electron chi connectivity index (χ2n) is 10.7. The predicted octanol–water partition coefficient (Wildman–Crippen LogP) is 1.88. The average molecular weight is 747 g/mol. The van der Waals surface area contributed by atoms with E-state index in [4.69, 9.17) is 5.26 Å². The number of nitrogens with one attached hydrogen (secondary N) is 2. The number of benzene rings is 6. The number of phenolic OH excluding ortho intramolecular Hbond substituents is 4. The molecular formula is C28H14N2O17S3. The third kappa shape index (κ3) is 4.41. The average Bonchev–Trinajstić information content (AvgIpc) is 3.02. The topological polar surface area (TPSA) is 328 Å². The first kappa shape index (κ1) is 32.9. The van der Waals surface area contributed by atoms with Gasteiger partial charge in [-0.3, -0.25) is 28.3 Å². The first-order valence-corrected chi connectivity index (χ1v) is 16.9. The molecular weight excluding hydrogens is 733 g/mol. The number of aromatic amines is 2. The van der Waals surface area contributed by atoms with Gasteiger partial charge in [0.05, 0.1) is 71.3 Å². The van der Waals surface area contributed by atoms with Crippen LogP contribution in [0.5, 0.6) is 23.0 Å². The minimum atomic E-state index is -5.54. The zero-order valence-corrected chi connectivity index (χ0v) is 26.3. The van der Waals surface area contributed by atoms with E-state index in [1.807, 2.05) is 0 Å². The summed E-state index contributed by atoms with van der Waals surface area (Å²) in [7, 11) is -10.7. The van der Waals surface area contributed by atoms with Gasteiger partial charge >= 0.3 is 0 Å². The number of aromatic nitrogens is 2. The molecule has 1 aromatic heterocycles. The van der Waals surface area contributed by atoms with Gasteiger partial charge in [0.15, 0.2) is 21.5 Å². The van der Waals surface area contributed by atoms with Gasteiger partial charge in [0.1, 0.15) is 22.1 Å². The molecule has 9 N–H and O–H groups in total. The molecule has 0 aliphatic heterocycles. The summed E-state index contributed by atoms with van der Waals surface area (Å²) in [5.41, 5.74) is -7.38. The molecule has 256 valence electrons. The first-order chi connectivity index (χ1) is 23.4. The van der Waals surface area contributed by atoms with Crippen LogP contribution in [-0.2, 0) is 29.6 Å². The lowest BCUT2D eigenvalue weighted by molar-refractivity contribution is -0.432. The Bertz CT molecular complexity index is 3210. The van der Waals surface area contributed by atoms with Crippen molar-refractivity contribution in [1.29, 1.82) is 0 Å². The molecule has 0 bridgehead atoms. The first-order valence-electron chi connectivity index (χ1n) is 13.3. The molecule has 7 aromatic rings. The smallest absolute Gasteiger partial charge is 0.300 e. The van der Waals surface area contributed by atoms with Gasteiger partial charge in [0.25, 0.3) is 20.2 Å². The fourth-order valence-corrected chi connectivity index (χ4v) is 7.85. The Hall–Kier alpha value is -5.59. The maximum Gasteiger partial charge on any atom is 0.300 e. The highest BCUT2D eigenvalue weighted by Gasteiger charge is 2.31. The maximum absolute atomic E-state index is 14.0. The van der Waals surface area contributed by atoms with Gasteiger partial charge in [-0.15, -0.1) is 4.33 Å². The van der Waals surface area contributed by atoms with Crippen LogP contribution in [0.1, 0.15) is 0 Å².